The Labute approximate surface area is 173 Å². The highest BCUT2D eigenvalue weighted by Crippen LogP contribution is 2.41. The van der Waals surface area contributed by atoms with Crippen LogP contribution in [0.1, 0.15) is 36.1 Å². The quantitative estimate of drug-likeness (QED) is 0.613. The van der Waals surface area contributed by atoms with Crippen LogP contribution in [0.25, 0.3) is 21.7 Å². The monoisotopic (exact) mass is 409 g/mol. The minimum atomic E-state index is -0.138. The number of thiophene rings is 1. The van der Waals surface area contributed by atoms with E-state index in [0.29, 0.717) is 18.1 Å². The molecular weight excluding hydrogens is 386 g/mol. The molecule has 2 aliphatic rings. The zero-order valence-electron chi connectivity index (χ0n) is 16.4. The third kappa shape index (κ3) is 3.35. The molecular formula is C21H23N5O2S. The van der Waals surface area contributed by atoms with Crippen LogP contribution in [-0.4, -0.2) is 46.1 Å². The Morgan fingerprint density at radius 2 is 2.10 bits per heavy atom. The molecule has 0 unspecified atom stereocenters. The van der Waals surface area contributed by atoms with E-state index >= 15 is 0 Å². The Bertz CT molecular complexity index is 1050. The zero-order valence-corrected chi connectivity index (χ0v) is 17.2. The highest BCUT2D eigenvalue weighted by Gasteiger charge is 2.30. The van der Waals surface area contributed by atoms with Crippen LogP contribution in [0.2, 0.25) is 0 Å². The number of anilines is 1. The van der Waals surface area contributed by atoms with Gasteiger partial charge in [0, 0.05) is 30.4 Å². The fraction of sp³-hybridized carbons (Fsp3) is 0.476. The molecule has 1 aliphatic carbocycles. The van der Waals surface area contributed by atoms with E-state index in [2.05, 4.69) is 14.9 Å². The summed E-state index contributed by atoms with van der Waals surface area (Å²) in [6, 6.07) is 0. The van der Waals surface area contributed by atoms with Crippen LogP contribution in [0.3, 0.4) is 0 Å². The summed E-state index contributed by atoms with van der Waals surface area (Å²) in [6.07, 6.45) is 11.4. The van der Waals surface area contributed by atoms with Gasteiger partial charge in [-0.2, -0.15) is 0 Å². The first-order chi connectivity index (χ1) is 14.2. The van der Waals surface area contributed by atoms with Gasteiger partial charge in [0.2, 0.25) is 0 Å². The van der Waals surface area contributed by atoms with Gasteiger partial charge in [0.1, 0.15) is 16.3 Å². The molecule has 4 heterocycles. The number of rotatable bonds is 3. The van der Waals surface area contributed by atoms with E-state index in [4.69, 9.17) is 14.7 Å². The molecule has 0 bridgehead atoms. The average Bonchev–Trinajstić information content (AvgIpc) is 3.17. The second kappa shape index (κ2) is 7.67. The zero-order chi connectivity index (χ0) is 19.8. The van der Waals surface area contributed by atoms with Crippen LogP contribution in [0, 0.1) is 5.92 Å². The second-order valence-electron chi connectivity index (χ2n) is 7.66. The lowest BCUT2D eigenvalue weighted by molar-refractivity contribution is -0.145. The fourth-order valence-corrected chi connectivity index (χ4v) is 5.68. The maximum Gasteiger partial charge on any atom is 0.310 e. The number of methoxy groups -OCH3 is 1. The largest absolute Gasteiger partial charge is 0.469 e. The molecule has 3 aromatic heterocycles. The summed E-state index contributed by atoms with van der Waals surface area (Å²) in [5.74, 6) is 1.28. The Balaban J connectivity index is 1.65. The fourth-order valence-electron chi connectivity index (χ4n) is 4.42. The van der Waals surface area contributed by atoms with Crippen molar-refractivity contribution in [2.45, 2.75) is 38.5 Å². The summed E-state index contributed by atoms with van der Waals surface area (Å²) in [4.78, 5) is 35.3. The first-order valence-corrected chi connectivity index (χ1v) is 11.0. The van der Waals surface area contributed by atoms with E-state index in [-0.39, 0.29) is 11.9 Å². The number of hydrogen-bond donors (Lipinski definition) is 0. The molecule has 150 valence electrons. The first kappa shape index (κ1) is 18.4. The van der Waals surface area contributed by atoms with Crippen LogP contribution < -0.4 is 4.90 Å². The Hall–Kier alpha value is -2.61. The number of piperidine rings is 1. The number of fused-ring (bicyclic) bond motifs is 3. The average molecular weight is 410 g/mol. The molecule has 0 N–H and O–H groups in total. The molecule has 0 saturated carbocycles. The van der Waals surface area contributed by atoms with Crippen molar-refractivity contribution in [1.29, 1.82) is 0 Å². The Morgan fingerprint density at radius 1 is 1.21 bits per heavy atom. The molecule has 8 heteroatoms. The number of esters is 1. The van der Waals surface area contributed by atoms with Crippen molar-refractivity contribution in [3.8, 4) is 11.5 Å². The summed E-state index contributed by atoms with van der Waals surface area (Å²) in [5, 5.41) is 1.17. The van der Waals surface area contributed by atoms with Gasteiger partial charge < -0.3 is 9.64 Å². The number of carbonyl (C=O) groups excluding carboxylic acids is 1. The van der Waals surface area contributed by atoms with Crippen molar-refractivity contribution in [2.75, 3.05) is 25.1 Å². The number of carbonyl (C=O) groups is 1. The minimum absolute atomic E-state index is 0.117. The topological polar surface area (TPSA) is 81.1 Å². The van der Waals surface area contributed by atoms with Gasteiger partial charge in [0.15, 0.2) is 5.82 Å². The van der Waals surface area contributed by atoms with Crippen LogP contribution in [0.15, 0.2) is 18.6 Å². The van der Waals surface area contributed by atoms with E-state index in [1.165, 1.54) is 35.8 Å². The second-order valence-corrected chi connectivity index (χ2v) is 8.74. The predicted octanol–water partition coefficient (Wildman–Crippen LogP) is 3.42. The van der Waals surface area contributed by atoms with Crippen molar-refractivity contribution in [1.82, 2.24) is 19.9 Å². The highest BCUT2D eigenvalue weighted by atomic mass is 32.1. The van der Waals surface area contributed by atoms with E-state index in [1.807, 2.05) is 0 Å². The lowest BCUT2D eigenvalue weighted by Gasteiger charge is -2.33. The Morgan fingerprint density at radius 3 is 2.93 bits per heavy atom. The lowest BCUT2D eigenvalue weighted by atomic mass is 9.95. The predicted molar refractivity (Wildman–Crippen MR) is 112 cm³/mol. The van der Waals surface area contributed by atoms with Crippen molar-refractivity contribution in [3.05, 3.63) is 29.0 Å². The Kier molecular flexibility index (Phi) is 4.87. The van der Waals surface area contributed by atoms with Crippen molar-refractivity contribution >= 4 is 33.3 Å². The number of hydrogen-bond acceptors (Lipinski definition) is 8. The summed E-state index contributed by atoms with van der Waals surface area (Å²) in [5.41, 5.74) is 2.07. The maximum absolute atomic E-state index is 12.2. The minimum Gasteiger partial charge on any atom is -0.469 e. The molecule has 0 spiro atoms. The molecule has 1 atom stereocenters. The van der Waals surface area contributed by atoms with E-state index in [1.54, 1.807) is 29.9 Å². The van der Waals surface area contributed by atoms with Crippen LogP contribution in [0.4, 0.5) is 5.82 Å². The van der Waals surface area contributed by atoms with E-state index < -0.39 is 0 Å². The molecule has 5 rings (SSSR count). The molecule has 0 aromatic carbocycles. The van der Waals surface area contributed by atoms with E-state index in [0.717, 1.165) is 42.9 Å². The van der Waals surface area contributed by atoms with Crippen molar-refractivity contribution in [3.63, 3.8) is 0 Å². The summed E-state index contributed by atoms with van der Waals surface area (Å²) >= 11 is 1.78. The summed E-state index contributed by atoms with van der Waals surface area (Å²) in [7, 11) is 1.46. The standard InChI is InChI=1S/C21H23N5O2S/c1-28-21(27)13-5-4-10-26(12-13)19-17-14-6-2-3-7-16(14)29-20(17)25-18(24-19)15-11-22-8-9-23-15/h8-9,11,13H,2-7,10,12H2,1H3/t13-/m0/s1. The summed E-state index contributed by atoms with van der Waals surface area (Å²) in [6.45, 7) is 1.51. The van der Waals surface area contributed by atoms with Gasteiger partial charge in [-0.3, -0.25) is 9.78 Å². The van der Waals surface area contributed by atoms with Gasteiger partial charge >= 0.3 is 5.97 Å². The lowest BCUT2D eigenvalue weighted by Crippen LogP contribution is -2.39. The maximum atomic E-state index is 12.2. The van der Waals surface area contributed by atoms with Gasteiger partial charge in [-0.05, 0) is 44.1 Å². The number of aromatic nitrogens is 4. The normalized spacial score (nSPS) is 19.2. The van der Waals surface area contributed by atoms with Crippen LogP contribution in [-0.2, 0) is 22.4 Å². The molecule has 0 radical (unpaired) electrons. The first-order valence-electron chi connectivity index (χ1n) is 10.2. The van der Waals surface area contributed by atoms with Gasteiger partial charge in [0.05, 0.1) is 24.6 Å². The number of nitrogens with zero attached hydrogens (tertiary/aromatic N) is 5. The molecule has 1 fully saturated rings. The molecule has 1 aliphatic heterocycles. The highest BCUT2D eigenvalue weighted by molar-refractivity contribution is 7.19. The van der Waals surface area contributed by atoms with Crippen molar-refractivity contribution < 1.29 is 9.53 Å². The molecule has 0 amide bonds. The number of ether oxygens (including phenoxy) is 1. The van der Waals surface area contributed by atoms with Gasteiger partial charge in [-0.25, -0.2) is 15.0 Å². The SMILES string of the molecule is COC(=O)[C@H]1CCCN(c2nc(-c3cnccn3)nc3sc4c(c23)CCCC4)C1. The molecule has 7 nitrogen and oxygen atoms in total. The van der Waals surface area contributed by atoms with Crippen LogP contribution in [0.5, 0.6) is 0 Å². The van der Waals surface area contributed by atoms with E-state index in [9.17, 15) is 4.79 Å². The van der Waals surface area contributed by atoms with Gasteiger partial charge in [0.25, 0.3) is 0 Å². The summed E-state index contributed by atoms with van der Waals surface area (Å²) < 4.78 is 5.02. The molecule has 29 heavy (non-hydrogen) atoms. The molecule has 1 saturated heterocycles. The van der Waals surface area contributed by atoms with Crippen LogP contribution >= 0.6 is 11.3 Å². The molecule has 3 aromatic rings. The van der Waals surface area contributed by atoms with Gasteiger partial charge in [-0.1, -0.05) is 0 Å². The van der Waals surface area contributed by atoms with Crippen molar-refractivity contribution in [2.24, 2.45) is 5.92 Å². The smallest absolute Gasteiger partial charge is 0.310 e. The third-order valence-corrected chi connectivity index (χ3v) is 7.03. The number of aryl methyl sites for hydroxylation is 2. The van der Waals surface area contributed by atoms with Gasteiger partial charge in [-0.15, -0.1) is 11.3 Å². The third-order valence-electron chi connectivity index (χ3n) is 5.84.